The smallest absolute Gasteiger partial charge is 0.401 e. The molecule has 0 heterocycles. The first-order valence-corrected chi connectivity index (χ1v) is 7.88. The Morgan fingerprint density at radius 3 is 1.26 bits per heavy atom. The third kappa shape index (κ3) is 2.74. The second-order valence-electron chi connectivity index (χ2n) is 4.32. The summed E-state index contributed by atoms with van der Waals surface area (Å²) in [5.74, 6) is 0. The molecule has 0 atom stereocenters. The Morgan fingerprint density at radius 2 is 1.00 bits per heavy atom. The number of hydrogen-bond donors (Lipinski definition) is 2. The molecule has 0 bridgehead atoms. The van der Waals surface area contributed by atoms with Gasteiger partial charge in [-0.05, 0) is 21.5 Å². The molecule has 0 fully saturated rings. The summed E-state index contributed by atoms with van der Waals surface area (Å²) in [6, 6.07) is 14.3. The van der Waals surface area contributed by atoms with Gasteiger partial charge < -0.3 is 9.59 Å². The lowest BCUT2D eigenvalue weighted by molar-refractivity contribution is 0.401. The maximum atomic E-state index is 10.4. The van der Waals surface area contributed by atoms with E-state index in [1.807, 2.05) is 24.3 Å². The summed E-state index contributed by atoms with van der Waals surface area (Å²) < 4.78 is 0. The lowest BCUT2D eigenvalue weighted by Gasteiger charge is -2.19. The number of hydrogen-bond acceptors (Lipinski definition) is 2. The highest BCUT2D eigenvalue weighted by molar-refractivity contribution is 6.90. The summed E-state index contributed by atoms with van der Waals surface area (Å²) in [5, 5.41) is 1.12. The maximum Gasteiger partial charge on any atom is 0.401 e. The molecule has 2 N–H and O–H groups in total. The average Bonchev–Trinajstić information content (AvgIpc) is 2.47. The van der Waals surface area contributed by atoms with Gasteiger partial charge in [-0.15, -0.1) is 0 Å². The first-order chi connectivity index (χ1) is 9.07. The third-order valence-corrected chi connectivity index (χ3v) is 5.37. The highest BCUT2D eigenvalue weighted by Crippen LogP contribution is 2.05. The van der Waals surface area contributed by atoms with Crippen molar-refractivity contribution in [3.05, 3.63) is 72.8 Å². The summed E-state index contributed by atoms with van der Waals surface area (Å²) in [6.07, 6.45) is 3.45. The van der Waals surface area contributed by atoms with Crippen molar-refractivity contribution in [2.45, 2.75) is 0 Å². The van der Waals surface area contributed by atoms with Gasteiger partial charge in [-0.1, -0.05) is 73.8 Å². The molecule has 0 amide bonds. The number of benzene rings is 2. The van der Waals surface area contributed by atoms with Crippen LogP contribution in [0.15, 0.2) is 61.7 Å². The van der Waals surface area contributed by atoms with Crippen LogP contribution in [0.2, 0.25) is 0 Å². The van der Waals surface area contributed by atoms with Crippen LogP contribution in [0.3, 0.4) is 0 Å². The average molecular weight is 268 g/mol. The van der Waals surface area contributed by atoms with Gasteiger partial charge in [0.05, 0.1) is 0 Å². The highest BCUT2D eigenvalue weighted by atomic mass is 28.4. The van der Waals surface area contributed by atoms with E-state index in [0.29, 0.717) is 10.4 Å². The zero-order valence-electron chi connectivity index (χ0n) is 10.6. The molecule has 0 aliphatic heterocycles. The van der Waals surface area contributed by atoms with E-state index in [4.69, 9.17) is 0 Å². The van der Waals surface area contributed by atoms with Gasteiger partial charge >= 0.3 is 8.56 Å². The first kappa shape index (κ1) is 13.5. The molecule has 0 aliphatic rings. The first-order valence-electron chi connectivity index (χ1n) is 5.98. The maximum absolute atomic E-state index is 10.4. The largest absolute Gasteiger partial charge is 0.404 e. The molecule has 0 radical (unpaired) electrons. The van der Waals surface area contributed by atoms with E-state index >= 15 is 0 Å². The van der Waals surface area contributed by atoms with Gasteiger partial charge in [-0.2, -0.15) is 0 Å². The van der Waals surface area contributed by atoms with Crippen LogP contribution in [0.25, 0.3) is 12.2 Å². The van der Waals surface area contributed by atoms with Crippen LogP contribution in [0.1, 0.15) is 11.1 Å². The fraction of sp³-hybridized carbons (Fsp3) is 0. The molecule has 0 unspecified atom stereocenters. The van der Waals surface area contributed by atoms with E-state index in [-0.39, 0.29) is 0 Å². The molecule has 19 heavy (non-hydrogen) atoms. The molecule has 0 aromatic heterocycles. The van der Waals surface area contributed by atoms with Crippen LogP contribution in [0.4, 0.5) is 0 Å². The van der Waals surface area contributed by atoms with Crippen molar-refractivity contribution in [3.8, 4) is 0 Å². The Labute approximate surface area is 114 Å². The lowest BCUT2D eigenvalue weighted by Crippen LogP contribution is -2.59. The molecule has 0 spiro atoms. The van der Waals surface area contributed by atoms with E-state index < -0.39 is 8.56 Å². The van der Waals surface area contributed by atoms with Gasteiger partial charge in [0.2, 0.25) is 0 Å². The Balaban J connectivity index is 2.38. The second kappa shape index (κ2) is 5.36. The standard InChI is InChI=1S/C16H16O2Si/c1-3-13-5-9-15(10-6-13)19(17,18)16-11-7-14(4-2)8-12-16/h3-12,17-18H,1-2H2. The summed E-state index contributed by atoms with van der Waals surface area (Å²) in [4.78, 5) is 20.9. The van der Waals surface area contributed by atoms with E-state index in [9.17, 15) is 9.59 Å². The van der Waals surface area contributed by atoms with Crippen LogP contribution in [0.5, 0.6) is 0 Å². The Morgan fingerprint density at radius 1 is 0.684 bits per heavy atom. The third-order valence-electron chi connectivity index (χ3n) is 3.10. The monoisotopic (exact) mass is 268 g/mol. The SMILES string of the molecule is C=Cc1ccc([Si](O)(O)c2ccc(C=C)cc2)cc1. The summed E-state index contributed by atoms with van der Waals surface area (Å²) >= 11 is 0. The van der Waals surface area contributed by atoms with Crippen molar-refractivity contribution >= 4 is 31.1 Å². The van der Waals surface area contributed by atoms with E-state index in [1.54, 1.807) is 36.4 Å². The van der Waals surface area contributed by atoms with Gasteiger partial charge in [0, 0.05) is 0 Å². The fourth-order valence-electron chi connectivity index (χ4n) is 1.87. The molecule has 0 saturated heterocycles. The zero-order chi connectivity index (χ0) is 13.9. The summed E-state index contributed by atoms with van der Waals surface area (Å²) in [6.45, 7) is 7.35. The highest BCUT2D eigenvalue weighted by Gasteiger charge is 2.34. The minimum Gasteiger partial charge on any atom is -0.404 e. The van der Waals surface area contributed by atoms with E-state index in [0.717, 1.165) is 11.1 Å². The van der Waals surface area contributed by atoms with Gasteiger partial charge in [0.1, 0.15) is 0 Å². The van der Waals surface area contributed by atoms with E-state index in [2.05, 4.69) is 13.2 Å². The van der Waals surface area contributed by atoms with Crippen LogP contribution in [-0.4, -0.2) is 18.2 Å². The van der Waals surface area contributed by atoms with Crippen LogP contribution in [0, 0.1) is 0 Å². The van der Waals surface area contributed by atoms with Crippen molar-refractivity contribution < 1.29 is 9.59 Å². The van der Waals surface area contributed by atoms with E-state index in [1.165, 1.54) is 0 Å². The molecule has 3 heteroatoms. The summed E-state index contributed by atoms with van der Waals surface area (Å²) in [7, 11) is -3.60. The van der Waals surface area contributed by atoms with Crippen LogP contribution in [-0.2, 0) is 0 Å². The molecule has 2 aromatic carbocycles. The molecule has 96 valence electrons. The van der Waals surface area contributed by atoms with Crippen molar-refractivity contribution in [1.29, 1.82) is 0 Å². The molecular formula is C16H16O2Si. The van der Waals surface area contributed by atoms with Gasteiger partial charge in [-0.25, -0.2) is 0 Å². The lowest BCUT2D eigenvalue weighted by atomic mass is 10.2. The Kier molecular flexibility index (Phi) is 3.81. The Hall–Kier alpha value is -1.94. The fourth-order valence-corrected chi connectivity index (χ4v) is 3.47. The number of rotatable bonds is 4. The van der Waals surface area contributed by atoms with Crippen molar-refractivity contribution in [1.82, 2.24) is 0 Å². The van der Waals surface area contributed by atoms with Crippen molar-refractivity contribution in [3.63, 3.8) is 0 Å². The quantitative estimate of drug-likeness (QED) is 0.825. The predicted octanol–water partition coefficient (Wildman–Crippen LogP) is 1.51. The second-order valence-corrected chi connectivity index (χ2v) is 6.82. The topological polar surface area (TPSA) is 40.5 Å². The van der Waals surface area contributed by atoms with Gasteiger partial charge in [0.15, 0.2) is 0 Å². The van der Waals surface area contributed by atoms with Gasteiger partial charge in [-0.3, -0.25) is 0 Å². The Bertz CT molecular complexity index is 530. The molecule has 2 nitrogen and oxygen atoms in total. The minimum absolute atomic E-state index is 0.560. The molecule has 0 aliphatic carbocycles. The van der Waals surface area contributed by atoms with Crippen LogP contribution >= 0.6 is 0 Å². The molecule has 2 aromatic rings. The van der Waals surface area contributed by atoms with Gasteiger partial charge in [0.25, 0.3) is 0 Å². The molecular weight excluding hydrogens is 252 g/mol. The molecule has 2 rings (SSSR count). The zero-order valence-corrected chi connectivity index (χ0v) is 11.6. The van der Waals surface area contributed by atoms with Crippen LogP contribution < -0.4 is 10.4 Å². The van der Waals surface area contributed by atoms with Crippen molar-refractivity contribution in [2.75, 3.05) is 0 Å². The molecule has 0 saturated carbocycles. The van der Waals surface area contributed by atoms with Crippen molar-refractivity contribution in [2.24, 2.45) is 0 Å². The minimum atomic E-state index is -3.60. The normalized spacial score (nSPS) is 11.1. The predicted molar refractivity (Wildman–Crippen MR) is 82.5 cm³/mol. The summed E-state index contributed by atoms with van der Waals surface area (Å²) in [5.41, 5.74) is 1.91.